The number of ether oxygens (including phenoxy) is 1. The smallest absolute Gasteiger partial charge is 0.305 e. The summed E-state index contributed by atoms with van der Waals surface area (Å²) in [5, 5.41) is 8.93. The molecule has 0 unspecified atom stereocenters. The molecule has 0 spiro atoms. The van der Waals surface area contributed by atoms with Crippen LogP contribution in [0.25, 0.3) is 0 Å². The fourth-order valence-corrected chi connectivity index (χ4v) is 2.99. The number of carbonyl (C=O) groups is 1. The standard InChI is InChI=1S/C14H19NO5S/c1-21(18,19)13-4-2-11(3-5-13)9-15-6-7-20-10-12(15)8-14(16)17/h2-5,12H,6-10H2,1H3,(H,16,17)/t12-/m1/s1. The molecule has 1 saturated heterocycles. The summed E-state index contributed by atoms with van der Waals surface area (Å²) in [5.74, 6) is -0.845. The van der Waals surface area contributed by atoms with Gasteiger partial charge in [0.25, 0.3) is 0 Å². The van der Waals surface area contributed by atoms with Crippen molar-refractivity contribution in [3.8, 4) is 0 Å². The first kappa shape index (κ1) is 15.9. The highest BCUT2D eigenvalue weighted by atomic mass is 32.2. The third-order valence-electron chi connectivity index (χ3n) is 3.50. The van der Waals surface area contributed by atoms with E-state index in [4.69, 9.17) is 9.84 Å². The van der Waals surface area contributed by atoms with Gasteiger partial charge < -0.3 is 9.84 Å². The van der Waals surface area contributed by atoms with Crippen LogP contribution in [-0.2, 0) is 25.9 Å². The first-order valence-corrected chi connectivity index (χ1v) is 8.58. The second kappa shape index (κ2) is 6.55. The summed E-state index contributed by atoms with van der Waals surface area (Å²) in [6, 6.07) is 6.55. The predicted octanol–water partition coefficient (Wildman–Crippen LogP) is 0.766. The molecule has 1 heterocycles. The molecule has 7 heteroatoms. The van der Waals surface area contributed by atoms with Crippen molar-refractivity contribution in [2.24, 2.45) is 0 Å². The molecule has 1 aromatic carbocycles. The van der Waals surface area contributed by atoms with Crippen LogP contribution in [0.3, 0.4) is 0 Å². The van der Waals surface area contributed by atoms with E-state index >= 15 is 0 Å². The van der Waals surface area contributed by atoms with Crippen molar-refractivity contribution < 1.29 is 23.1 Å². The second-order valence-electron chi connectivity index (χ2n) is 5.21. The lowest BCUT2D eigenvalue weighted by Gasteiger charge is -2.34. The number of morpholine rings is 1. The van der Waals surface area contributed by atoms with Crippen molar-refractivity contribution in [1.82, 2.24) is 4.90 Å². The number of sulfone groups is 1. The van der Waals surface area contributed by atoms with Gasteiger partial charge in [0.2, 0.25) is 0 Å². The van der Waals surface area contributed by atoms with Crippen molar-refractivity contribution in [2.45, 2.75) is 23.9 Å². The van der Waals surface area contributed by atoms with Crippen LogP contribution >= 0.6 is 0 Å². The highest BCUT2D eigenvalue weighted by molar-refractivity contribution is 7.90. The lowest BCUT2D eigenvalue weighted by Crippen LogP contribution is -2.45. The molecule has 1 atom stereocenters. The van der Waals surface area contributed by atoms with E-state index in [1.54, 1.807) is 24.3 Å². The maximum Gasteiger partial charge on any atom is 0.305 e. The van der Waals surface area contributed by atoms with E-state index in [-0.39, 0.29) is 17.4 Å². The maximum atomic E-state index is 11.4. The lowest BCUT2D eigenvalue weighted by atomic mass is 10.1. The molecule has 0 radical (unpaired) electrons. The molecule has 6 nitrogen and oxygen atoms in total. The van der Waals surface area contributed by atoms with Gasteiger partial charge >= 0.3 is 5.97 Å². The number of hydrogen-bond acceptors (Lipinski definition) is 5. The van der Waals surface area contributed by atoms with Gasteiger partial charge in [-0.05, 0) is 17.7 Å². The first-order valence-electron chi connectivity index (χ1n) is 6.69. The van der Waals surface area contributed by atoms with E-state index in [2.05, 4.69) is 4.90 Å². The van der Waals surface area contributed by atoms with Crippen molar-refractivity contribution in [1.29, 1.82) is 0 Å². The van der Waals surface area contributed by atoms with Crippen LogP contribution in [0.1, 0.15) is 12.0 Å². The highest BCUT2D eigenvalue weighted by Crippen LogP contribution is 2.17. The Bertz CT molecular complexity index is 596. The van der Waals surface area contributed by atoms with Crippen LogP contribution < -0.4 is 0 Å². The van der Waals surface area contributed by atoms with Gasteiger partial charge in [0, 0.05) is 25.4 Å². The van der Waals surface area contributed by atoms with E-state index in [0.29, 0.717) is 26.3 Å². The van der Waals surface area contributed by atoms with Gasteiger partial charge in [0.1, 0.15) is 0 Å². The van der Waals surface area contributed by atoms with Crippen molar-refractivity contribution in [3.63, 3.8) is 0 Å². The molecule has 0 saturated carbocycles. The second-order valence-corrected chi connectivity index (χ2v) is 7.23. The quantitative estimate of drug-likeness (QED) is 0.864. The van der Waals surface area contributed by atoms with E-state index < -0.39 is 15.8 Å². The zero-order valence-corrected chi connectivity index (χ0v) is 12.7. The van der Waals surface area contributed by atoms with Crippen molar-refractivity contribution in [2.75, 3.05) is 26.0 Å². The highest BCUT2D eigenvalue weighted by Gasteiger charge is 2.25. The Balaban J connectivity index is 2.07. The Kier molecular flexibility index (Phi) is 4.97. The minimum Gasteiger partial charge on any atom is -0.481 e. The topological polar surface area (TPSA) is 83.9 Å². The van der Waals surface area contributed by atoms with Gasteiger partial charge in [0.15, 0.2) is 9.84 Å². The van der Waals surface area contributed by atoms with Gasteiger partial charge in [-0.1, -0.05) is 12.1 Å². The largest absolute Gasteiger partial charge is 0.481 e. The lowest BCUT2D eigenvalue weighted by molar-refractivity contribution is -0.140. The number of carboxylic acid groups (broad SMARTS) is 1. The average molecular weight is 313 g/mol. The number of benzene rings is 1. The number of aliphatic carboxylic acids is 1. The summed E-state index contributed by atoms with van der Waals surface area (Å²) < 4.78 is 28.2. The summed E-state index contributed by atoms with van der Waals surface area (Å²) in [6.45, 7) is 2.25. The molecule has 0 amide bonds. The summed E-state index contributed by atoms with van der Waals surface area (Å²) in [5.41, 5.74) is 0.958. The molecular formula is C14H19NO5S. The SMILES string of the molecule is CS(=O)(=O)c1ccc(CN2CCOC[C@H]2CC(=O)O)cc1. The van der Waals surface area contributed by atoms with Crippen LogP contribution in [0.5, 0.6) is 0 Å². The van der Waals surface area contributed by atoms with Crippen LogP contribution in [0.4, 0.5) is 0 Å². The molecule has 1 aliphatic rings. The first-order chi connectivity index (χ1) is 9.86. The Morgan fingerprint density at radius 3 is 2.62 bits per heavy atom. The van der Waals surface area contributed by atoms with Gasteiger partial charge in [-0.3, -0.25) is 9.69 Å². The van der Waals surface area contributed by atoms with E-state index in [1.165, 1.54) is 6.26 Å². The Labute approximate surface area is 124 Å². The molecule has 0 aliphatic carbocycles. The fourth-order valence-electron chi connectivity index (χ4n) is 2.36. The molecule has 1 N–H and O–H groups in total. The monoisotopic (exact) mass is 313 g/mol. The van der Waals surface area contributed by atoms with Crippen LogP contribution in [0.15, 0.2) is 29.2 Å². The number of hydrogen-bond donors (Lipinski definition) is 1. The number of nitrogens with zero attached hydrogens (tertiary/aromatic N) is 1. The molecule has 0 bridgehead atoms. The van der Waals surface area contributed by atoms with Gasteiger partial charge in [-0.15, -0.1) is 0 Å². The zero-order valence-electron chi connectivity index (χ0n) is 11.9. The summed E-state index contributed by atoms with van der Waals surface area (Å²) in [6.07, 6.45) is 1.22. The molecule has 21 heavy (non-hydrogen) atoms. The van der Waals surface area contributed by atoms with E-state index in [9.17, 15) is 13.2 Å². The van der Waals surface area contributed by atoms with Crippen LogP contribution in [0.2, 0.25) is 0 Å². The van der Waals surface area contributed by atoms with Crippen molar-refractivity contribution in [3.05, 3.63) is 29.8 Å². The van der Waals surface area contributed by atoms with E-state index in [0.717, 1.165) is 5.56 Å². The van der Waals surface area contributed by atoms with Gasteiger partial charge in [-0.25, -0.2) is 8.42 Å². The molecule has 1 aliphatic heterocycles. The molecule has 1 aromatic rings. The minimum absolute atomic E-state index is 0.0431. The van der Waals surface area contributed by atoms with Crippen LogP contribution in [0, 0.1) is 0 Å². The van der Waals surface area contributed by atoms with Gasteiger partial charge in [0.05, 0.1) is 24.5 Å². The van der Waals surface area contributed by atoms with E-state index in [1.807, 2.05) is 0 Å². The zero-order chi connectivity index (χ0) is 15.5. The van der Waals surface area contributed by atoms with Gasteiger partial charge in [-0.2, -0.15) is 0 Å². The predicted molar refractivity (Wildman–Crippen MR) is 76.8 cm³/mol. The summed E-state index contributed by atoms with van der Waals surface area (Å²) in [4.78, 5) is 13.2. The normalized spacial score (nSPS) is 20.3. The molecule has 0 aromatic heterocycles. The molecule has 116 valence electrons. The minimum atomic E-state index is -3.19. The Morgan fingerprint density at radius 1 is 1.38 bits per heavy atom. The maximum absolute atomic E-state index is 11.4. The number of rotatable bonds is 5. The molecule has 1 fully saturated rings. The number of carboxylic acids is 1. The summed E-state index contributed by atoms with van der Waals surface area (Å²) >= 11 is 0. The molecular weight excluding hydrogens is 294 g/mol. The average Bonchev–Trinajstić information content (AvgIpc) is 2.40. The van der Waals surface area contributed by atoms with Crippen molar-refractivity contribution >= 4 is 15.8 Å². The van der Waals surface area contributed by atoms with Crippen LogP contribution in [-0.4, -0.2) is 56.4 Å². The third kappa shape index (κ3) is 4.52. The Morgan fingerprint density at radius 2 is 2.05 bits per heavy atom. The Hall–Kier alpha value is -1.44. The molecule has 2 rings (SSSR count). The fraction of sp³-hybridized carbons (Fsp3) is 0.500. The third-order valence-corrected chi connectivity index (χ3v) is 4.63. The summed E-state index contributed by atoms with van der Waals surface area (Å²) in [7, 11) is -3.19.